The van der Waals surface area contributed by atoms with E-state index in [9.17, 15) is 19.8 Å². The molecule has 0 bridgehead atoms. The zero-order valence-electron chi connectivity index (χ0n) is 11.2. The van der Waals surface area contributed by atoms with E-state index in [0.717, 1.165) is 11.1 Å². The van der Waals surface area contributed by atoms with Crippen molar-refractivity contribution in [2.24, 2.45) is 0 Å². The number of carboxylic acid groups (broad SMARTS) is 2. The van der Waals surface area contributed by atoms with E-state index in [-0.39, 0.29) is 29.6 Å². The Kier molecular flexibility index (Phi) is 9.58. The van der Waals surface area contributed by atoms with Gasteiger partial charge in [0.25, 0.3) is 0 Å². The second kappa shape index (κ2) is 10.6. The number of rotatable bonds is 4. The largest absolute Gasteiger partial charge is 2.00 e. The van der Waals surface area contributed by atoms with Crippen LogP contribution in [0.3, 0.4) is 0 Å². The monoisotopic (exact) mass is 329 g/mol. The summed E-state index contributed by atoms with van der Waals surface area (Å²) in [5.74, 6) is -2.07. The second-order valence-corrected chi connectivity index (χ2v) is 4.07. The van der Waals surface area contributed by atoms with E-state index in [1.165, 1.54) is 0 Å². The van der Waals surface area contributed by atoms with E-state index < -0.39 is 11.9 Å². The Morgan fingerprint density at radius 1 is 0.667 bits per heavy atom. The molecule has 5 heteroatoms. The zero-order chi connectivity index (χ0) is 14.8. The van der Waals surface area contributed by atoms with E-state index in [0.29, 0.717) is 0 Å². The minimum atomic E-state index is -1.04. The van der Waals surface area contributed by atoms with Gasteiger partial charge in [-0.25, -0.2) is 0 Å². The third-order valence-electron chi connectivity index (χ3n) is 2.38. The molecule has 0 atom stereocenters. The molecule has 0 saturated carbocycles. The van der Waals surface area contributed by atoms with Crippen molar-refractivity contribution >= 4 is 11.9 Å². The maximum Gasteiger partial charge on any atom is 2.00 e. The van der Waals surface area contributed by atoms with Crippen LogP contribution in [-0.2, 0) is 39.2 Å². The molecule has 4 nitrogen and oxygen atoms in total. The van der Waals surface area contributed by atoms with Gasteiger partial charge in [0.05, 0.1) is 0 Å². The van der Waals surface area contributed by atoms with E-state index in [1.54, 1.807) is 48.5 Å². The summed E-state index contributed by atoms with van der Waals surface area (Å²) in [7, 11) is 0. The van der Waals surface area contributed by atoms with Crippen LogP contribution in [0.4, 0.5) is 0 Å². The zero-order valence-corrected chi connectivity index (χ0v) is 12.2. The van der Waals surface area contributed by atoms with Gasteiger partial charge in [0.1, 0.15) is 0 Å². The summed E-state index contributed by atoms with van der Waals surface area (Å²) in [5, 5.41) is 20.1. The van der Waals surface area contributed by atoms with Crippen molar-refractivity contribution in [2.75, 3.05) is 0 Å². The molecule has 0 unspecified atom stereocenters. The summed E-state index contributed by atoms with van der Waals surface area (Å²) in [6.45, 7) is 0. The quantitative estimate of drug-likeness (QED) is 0.788. The predicted molar refractivity (Wildman–Crippen MR) is 70.3 cm³/mol. The standard InChI is InChI=1S/2C8H8O2.Co/c2*9-8(10)6-7-4-2-1-3-5-7;/h2*1-5H,6H2,(H,9,10);/q;;+2/p-2. The van der Waals surface area contributed by atoms with Crippen molar-refractivity contribution < 1.29 is 36.6 Å². The molecule has 21 heavy (non-hydrogen) atoms. The van der Waals surface area contributed by atoms with E-state index in [2.05, 4.69) is 0 Å². The van der Waals surface area contributed by atoms with Crippen molar-refractivity contribution in [1.82, 2.24) is 0 Å². The van der Waals surface area contributed by atoms with E-state index >= 15 is 0 Å². The molecular formula is C16H14CoO4. The van der Waals surface area contributed by atoms with Crippen LogP contribution in [-0.4, -0.2) is 11.9 Å². The van der Waals surface area contributed by atoms with Crippen molar-refractivity contribution in [1.29, 1.82) is 0 Å². The van der Waals surface area contributed by atoms with Gasteiger partial charge in [0, 0.05) is 24.8 Å². The smallest absolute Gasteiger partial charge is 0.550 e. The average Bonchev–Trinajstić information content (AvgIpc) is 2.40. The molecule has 0 aliphatic heterocycles. The fraction of sp³-hybridized carbons (Fsp3) is 0.125. The summed E-state index contributed by atoms with van der Waals surface area (Å²) in [6, 6.07) is 17.9. The van der Waals surface area contributed by atoms with Crippen LogP contribution in [0.2, 0.25) is 0 Å². The minimum absolute atomic E-state index is 0. The van der Waals surface area contributed by atoms with Crippen LogP contribution >= 0.6 is 0 Å². The molecule has 2 aromatic rings. The van der Waals surface area contributed by atoms with Gasteiger partial charge in [0.2, 0.25) is 0 Å². The van der Waals surface area contributed by atoms with Crippen molar-refractivity contribution in [3.63, 3.8) is 0 Å². The van der Waals surface area contributed by atoms with Crippen LogP contribution in [0.1, 0.15) is 11.1 Å². The molecule has 0 heterocycles. The van der Waals surface area contributed by atoms with Gasteiger partial charge >= 0.3 is 16.8 Å². The fourth-order valence-electron chi connectivity index (χ4n) is 1.53. The molecular weight excluding hydrogens is 315 g/mol. The van der Waals surface area contributed by atoms with Gasteiger partial charge in [-0.15, -0.1) is 0 Å². The maximum absolute atomic E-state index is 10.1. The molecule has 0 amide bonds. The third kappa shape index (κ3) is 9.42. The molecule has 0 fully saturated rings. The SMILES string of the molecule is O=C([O-])Cc1ccccc1.O=C([O-])Cc1ccccc1.[Co+2]. The Balaban J connectivity index is 0.000000364. The van der Waals surface area contributed by atoms with Gasteiger partial charge < -0.3 is 19.8 Å². The number of carboxylic acids is 2. The van der Waals surface area contributed by atoms with Crippen molar-refractivity contribution in [3.05, 3.63) is 71.8 Å². The van der Waals surface area contributed by atoms with E-state index in [4.69, 9.17) is 0 Å². The number of benzene rings is 2. The predicted octanol–water partition coefficient (Wildman–Crippen LogP) is -0.0445. The number of hydrogen-bond acceptors (Lipinski definition) is 4. The Morgan fingerprint density at radius 2 is 0.952 bits per heavy atom. The van der Waals surface area contributed by atoms with Crippen LogP contribution < -0.4 is 10.2 Å². The summed E-state index contributed by atoms with van der Waals surface area (Å²) in [6.07, 6.45) is 0.00167. The van der Waals surface area contributed by atoms with Gasteiger partial charge in [-0.2, -0.15) is 0 Å². The Labute approximate surface area is 133 Å². The molecule has 0 N–H and O–H groups in total. The number of carbonyl (C=O) groups excluding carboxylic acids is 2. The normalized spacial score (nSPS) is 8.76. The van der Waals surface area contributed by atoms with Gasteiger partial charge in [-0.1, -0.05) is 60.7 Å². The number of aliphatic carboxylic acids is 2. The Bertz CT molecular complexity index is 489. The molecule has 1 radical (unpaired) electrons. The van der Waals surface area contributed by atoms with Gasteiger partial charge in [-0.3, -0.25) is 0 Å². The Hall–Kier alpha value is -2.11. The molecule has 0 saturated heterocycles. The summed E-state index contributed by atoms with van der Waals surface area (Å²) < 4.78 is 0. The average molecular weight is 329 g/mol. The van der Waals surface area contributed by atoms with Crippen molar-refractivity contribution in [3.8, 4) is 0 Å². The first-order valence-electron chi connectivity index (χ1n) is 6.05. The summed E-state index contributed by atoms with van der Waals surface area (Å²) >= 11 is 0. The fourth-order valence-corrected chi connectivity index (χ4v) is 1.53. The number of carbonyl (C=O) groups is 2. The molecule has 0 aliphatic rings. The van der Waals surface area contributed by atoms with Crippen LogP contribution in [0.15, 0.2) is 60.7 Å². The molecule has 0 aromatic heterocycles. The van der Waals surface area contributed by atoms with Gasteiger partial charge in [0.15, 0.2) is 0 Å². The molecule has 111 valence electrons. The van der Waals surface area contributed by atoms with E-state index in [1.807, 2.05) is 12.1 Å². The summed E-state index contributed by atoms with van der Waals surface area (Å²) in [5.41, 5.74) is 1.56. The number of hydrogen-bond donors (Lipinski definition) is 0. The topological polar surface area (TPSA) is 80.3 Å². The molecule has 2 aromatic carbocycles. The third-order valence-corrected chi connectivity index (χ3v) is 2.38. The Morgan fingerprint density at radius 3 is 1.19 bits per heavy atom. The first kappa shape index (κ1) is 18.9. The summed E-state index contributed by atoms with van der Waals surface area (Å²) in [4.78, 5) is 20.1. The second-order valence-electron chi connectivity index (χ2n) is 4.07. The molecule has 0 spiro atoms. The van der Waals surface area contributed by atoms with Crippen molar-refractivity contribution in [2.45, 2.75) is 12.8 Å². The van der Waals surface area contributed by atoms with Crippen LogP contribution in [0.5, 0.6) is 0 Å². The van der Waals surface area contributed by atoms with Gasteiger partial charge in [-0.05, 0) is 11.1 Å². The molecule has 0 aliphatic carbocycles. The minimum Gasteiger partial charge on any atom is -0.550 e. The first-order valence-corrected chi connectivity index (χ1v) is 6.05. The van der Waals surface area contributed by atoms with Crippen LogP contribution in [0.25, 0.3) is 0 Å². The first-order chi connectivity index (χ1) is 9.58. The van der Waals surface area contributed by atoms with Crippen LogP contribution in [0, 0.1) is 0 Å². The molecule has 2 rings (SSSR count). The maximum atomic E-state index is 10.1.